The molecule has 1 heterocycles. The van der Waals surface area contributed by atoms with Crippen molar-refractivity contribution in [2.75, 3.05) is 27.9 Å². The van der Waals surface area contributed by atoms with Crippen molar-refractivity contribution in [2.45, 2.75) is 5.92 Å². The highest BCUT2D eigenvalue weighted by Crippen LogP contribution is 2.37. The number of hydrogen-bond acceptors (Lipinski definition) is 6. The molecule has 8 heteroatoms. The van der Waals surface area contributed by atoms with Gasteiger partial charge in [0.25, 0.3) is 5.91 Å². The molecule has 2 aromatic carbocycles. The van der Waals surface area contributed by atoms with Gasteiger partial charge in [0, 0.05) is 18.0 Å². The molecule has 0 aromatic heterocycles. The van der Waals surface area contributed by atoms with Gasteiger partial charge in [-0.1, -0.05) is 30.3 Å². The van der Waals surface area contributed by atoms with Crippen molar-refractivity contribution in [1.29, 1.82) is 0 Å². The fourth-order valence-corrected chi connectivity index (χ4v) is 3.35. The summed E-state index contributed by atoms with van der Waals surface area (Å²) in [6.07, 6.45) is 1.45. The van der Waals surface area contributed by atoms with Crippen LogP contribution in [-0.2, 0) is 9.59 Å². The van der Waals surface area contributed by atoms with Gasteiger partial charge in [0.05, 0.1) is 27.5 Å². The minimum Gasteiger partial charge on any atom is -0.493 e. The molecule has 0 radical (unpaired) electrons. The van der Waals surface area contributed by atoms with Gasteiger partial charge in [-0.2, -0.15) is 5.10 Å². The Hall–Kier alpha value is -3.55. The van der Waals surface area contributed by atoms with E-state index < -0.39 is 11.8 Å². The predicted molar refractivity (Wildman–Crippen MR) is 108 cm³/mol. The summed E-state index contributed by atoms with van der Waals surface area (Å²) in [6, 6.07) is 12.9. The zero-order valence-electron chi connectivity index (χ0n) is 16.5. The average Bonchev–Trinajstić information content (AvgIpc) is 3.14. The van der Waals surface area contributed by atoms with Crippen molar-refractivity contribution in [3.8, 4) is 17.2 Å². The highest BCUT2D eigenvalue weighted by molar-refractivity contribution is 6.03. The number of benzene rings is 2. The summed E-state index contributed by atoms with van der Waals surface area (Å²) in [5.41, 5.74) is 4.03. The molecule has 0 unspecified atom stereocenters. The van der Waals surface area contributed by atoms with E-state index in [-0.39, 0.29) is 11.8 Å². The minimum atomic E-state index is -0.838. The topological polar surface area (TPSA) is 98.2 Å². The Morgan fingerprint density at radius 3 is 2.34 bits per heavy atom. The third-order valence-electron chi connectivity index (χ3n) is 4.77. The van der Waals surface area contributed by atoms with E-state index in [0.29, 0.717) is 29.4 Å². The number of carbonyl (C=O) groups excluding carboxylic acids is 2. The fraction of sp³-hybridized carbons (Fsp3) is 0.286. The van der Waals surface area contributed by atoms with Crippen LogP contribution in [0.15, 0.2) is 47.6 Å². The zero-order valence-corrected chi connectivity index (χ0v) is 16.5. The standard InChI is InChI=1S/C21H23N3O5/c1-27-16-9-13(10-17(28-2)19(16)29-3)11-23-24-21(26)18-15(12-22-20(18)25)14-7-5-4-6-8-14/h4-11,15,18H,12H2,1-3H3,(H,22,25)(H,24,26)/t15-,18-/m0/s1. The van der Waals surface area contributed by atoms with E-state index >= 15 is 0 Å². The van der Waals surface area contributed by atoms with Crippen molar-refractivity contribution in [2.24, 2.45) is 11.0 Å². The van der Waals surface area contributed by atoms with Crippen LogP contribution in [0.25, 0.3) is 0 Å². The number of carbonyl (C=O) groups is 2. The Balaban J connectivity index is 1.74. The summed E-state index contributed by atoms with van der Waals surface area (Å²) < 4.78 is 15.9. The van der Waals surface area contributed by atoms with Crippen molar-refractivity contribution in [3.05, 3.63) is 53.6 Å². The van der Waals surface area contributed by atoms with E-state index in [9.17, 15) is 9.59 Å². The van der Waals surface area contributed by atoms with Crippen molar-refractivity contribution in [1.82, 2.24) is 10.7 Å². The molecule has 2 amide bonds. The smallest absolute Gasteiger partial charge is 0.253 e. The summed E-state index contributed by atoms with van der Waals surface area (Å²) in [5, 5.41) is 6.75. The van der Waals surface area contributed by atoms with Crippen LogP contribution in [0.5, 0.6) is 17.2 Å². The van der Waals surface area contributed by atoms with Crippen LogP contribution in [0, 0.1) is 5.92 Å². The number of amides is 2. The van der Waals surface area contributed by atoms with Gasteiger partial charge in [0.1, 0.15) is 5.92 Å². The molecule has 152 valence electrons. The molecule has 8 nitrogen and oxygen atoms in total. The molecule has 1 fully saturated rings. The summed E-state index contributed by atoms with van der Waals surface area (Å²) in [5.74, 6) is -0.436. The highest BCUT2D eigenvalue weighted by Gasteiger charge is 2.40. The van der Waals surface area contributed by atoms with Crippen LogP contribution in [0.4, 0.5) is 0 Å². The van der Waals surface area contributed by atoms with Gasteiger partial charge < -0.3 is 19.5 Å². The SMILES string of the molecule is COc1cc(C=NNC(=O)[C@@H]2C(=O)NC[C@H]2c2ccccc2)cc(OC)c1OC. The lowest BCUT2D eigenvalue weighted by Gasteiger charge is -2.15. The van der Waals surface area contributed by atoms with E-state index in [1.54, 1.807) is 12.1 Å². The predicted octanol–water partition coefficient (Wildman–Crippen LogP) is 1.69. The third kappa shape index (κ3) is 4.31. The Labute approximate surface area is 168 Å². The normalized spacial score (nSPS) is 18.4. The number of rotatable bonds is 7. The second-order valence-electron chi connectivity index (χ2n) is 6.43. The van der Waals surface area contributed by atoms with Crippen molar-refractivity contribution in [3.63, 3.8) is 0 Å². The molecular weight excluding hydrogens is 374 g/mol. The van der Waals surface area contributed by atoms with Gasteiger partial charge in [0.15, 0.2) is 11.5 Å². The van der Waals surface area contributed by atoms with E-state index in [2.05, 4.69) is 15.8 Å². The first-order chi connectivity index (χ1) is 14.1. The Morgan fingerprint density at radius 1 is 1.10 bits per heavy atom. The largest absolute Gasteiger partial charge is 0.493 e. The first kappa shape index (κ1) is 20.2. The monoisotopic (exact) mass is 397 g/mol. The van der Waals surface area contributed by atoms with Crippen LogP contribution in [0.2, 0.25) is 0 Å². The molecule has 2 aromatic rings. The minimum absolute atomic E-state index is 0.236. The van der Waals surface area contributed by atoms with Crippen LogP contribution in [0.3, 0.4) is 0 Å². The maximum absolute atomic E-state index is 12.6. The maximum Gasteiger partial charge on any atom is 0.253 e. The second-order valence-corrected chi connectivity index (χ2v) is 6.43. The van der Waals surface area contributed by atoms with Crippen LogP contribution in [-0.4, -0.2) is 45.9 Å². The first-order valence-electron chi connectivity index (χ1n) is 9.04. The average molecular weight is 397 g/mol. The number of hydrogen-bond donors (Lipinski definition) is 2. The molecule has 2 N–H and O–H groups in total. The molecule has 0 spiro atoms. The Morgan fingerprint density at radius 2 is 1.76 bits per heavy atom. The molecule has 1 aliphatic heterocycles. The summed E-state index contributed by atoms with van der Waals surface area (Å²) in [4.78, 5) is 24.8. The summed E-state index contributed by atoms with van der Waals surface area (Å²) in [7, 11) is 4.55. The number of nitrogens with one attached hydrogen (secondary N) is 2. The maximum atomic E-state index is 12.6. The lowest BCUT2D eigenvalue weighted by Crippen LogP contribution is -2.34. The Kier molecular flexibility index (Phi) is 6.33. The quantitative estimate of drug-likeness (QED) is 0.421. The van der Waals surface area contributed by atoms with Gasteiger partial charge in [-0.25, -0.2) is 5.43 Å². The third-order valence-corrected chi connectivity index (χ3v) is 4.77. The van der Waals surface area contributed by atoms with Crippen LogP contribution in [0.1, 0.15) is 17.0 Å². The fourth-order valence-electron chi connectivity index (χ4n) is 3.35. The molecule has 0 bridgehead atoms. The van der Waals surface area contributed by atoms with E-state index in [1.807, 2.05) is 30.3 Å². The van der Waals surface area contributed by atoms with E-state index in [4.69, 9.17) is 14.2 Å². The molecule has 0 saturated carbocycles. The Bertz CT molecular complexity index is 889. The van der Waals surface area contributed by atoms with Crippen LogP contribution < -0.4 is 25.0 Å². The van der Waals surface area contributed by atoms with Gasteiger partial charge in [-0.15, -0.1) is 0 Å². The second kappa shape index (κ2) is 9.09. The number of hydrazone groups is 1. The number of methoxy groups -OCH3 is 3. The van der Waals surface area contributed by atoms with Gasteiger partial charge in [-0.05, 0) is 17.7 Å². The van der Waals surface area contributed by atoms with Gasteiger partial charge in [0.2, 0.25) is 11.7 Å². The summed E-state index contributed by atoms with van der Waals surface area (Å²) >= 11 is 0. The lowest BCUT2D eigenvalue weighted by atomic mass is 9.88. The lowest BCUT2D eigenvalue weighted by molar-refractivity contribution is -0.133. The van der Waals surface area contributed by atoms with Crippen molar-refractivity contribution < 1.29 is 23.8 Å². The van der Waals surface area contributed by atoms with Crippen LogP contribution >= 0.6 is 0 Å². The number of ether oxygens (including phenoxy) is 3. The molecule has 3 rings (SSSR count). The van der Waals surface area contributed by atoms with E-state index in [1.165, 1.54) is 27.5 Å². The van der Waals surface area contributed by atoms with Gasteiger partial charge >= 0.3 is 0 Å². The molecule has 1 aliphatic rings. The zero-order chi connectivity index (χ0) is 20.8. The summed E-state index contributed by atoms with van der Waals surface area (Å²) in [6.45, 7) is 0.414. The number of nitrogens with zero attached hydrogens (tertiary/aromatic N) is 1. The molecular formula is C21H23N3O5. The molecule has 0 aliphatic carbocycles. The van der Waals surface area contributed by atoms with Crippen molar-refractivity contribution >= 4 is 18.0 Å². The molecule has 1 saturated heterocycles. The van der Waals surface area contributed by atoms with E-state index in [0.717, 1.165) is 5.56 Å². The highest BCUT2D eigenvalue weighted by atomic mass is 16.5. The first-order valence-corrected chi connectivity index (χ1v) is 9.04. The molecule has 29 heavy (non-hydrogen) atoms. The van der Waals surface area contributed by atoms with Gasteiger partial charge in [-0.3, -0.25) is 9.59 Å². The molecule has 2 atom stereocenters.